The molecule has 1 aromatic carbocycles. The number of halogens is 1. The predicted molar refractivity (Wildman–Crippen MR) is 97.7 cm³/mol. The first kappa shape index (κ1) is 20.7. The predicted octanol–water partition coefficient (Wildman–Crippen LogP) is 2.26. The highest BCUT2D eigenvalue weighted by Crippen LogP contribution is 2.23. The molecule has 5 nitrogen and oxygen atoms in total. The van der Waals surface area contributed by atoms with Crippen LogP contribution in [0.2, 0.25) is 0 Å². The Bertz CT molecular complexity index is 484. The third-order valence-electron chi connectivity index (χ3n) is 4.65. The average Bonchev–Trinajstić information content (AvgIpc) is 2.60. The number of methoxy groups -OCH3 is 2. The van der Waals surface area contributed by atoms with Gasteiger partial charge in [0.2, 0.25) is 5.91 Å². The number of nitrogens with zero attached hydrogens (tertiary/aromatic N) is 1. The van der Waals surface area contributed by atoms with Crippen LogP contribution in [0.15, 0.2) is 24.3 Å². The lowest BCUT2D eigenvalue weighted by molar-refractivity contribution is -0.135. The minimum Gasteiger partial charge on any atom is -0.497 e. The van der Waals surface area contributed by atoms with Crippen LogP contribution in [-0.4, -0.2) is 50.8 Å². The quantitative estimate of drug-likeness (QED) is 0.813. The number of benzene rings is 1. The van der Waals surface area contributed by atoms with Crippen LogP contribution >= 0.6 is 12.4 Å². The average molecular weight is 357 g/mol. The van der Waals surface area contributed by atoms with Gasteiger partial charge in [0.1, 0.15) is 5.75 Å². The van der Waals surface area contributed by atoms with Gasteiger partial charge in [-0.05, 0) is 42.9 Å². The molecule has 1 unspecified atom stereocenters. The number of hydrogen-bond donors (Lipinski definition) is 1. The number of carbonyl (C=O) groups is 1. The maximum absolute atomic E-state index is 12.2. The van der Waals surface area contributed by atoms with Crippen LogP contribution < -0.4 is 10.5 Å². The number of likely N-dealkylation sites (tertiary alicyclic amines) is 1. The van der Waals surface area contributed by atoms with E-state index in [-0.39, 0.29) is 24.4 Å². The summed E-state index contributed by atoms with van der Waals surface area (Å²) in [4.78, 5) is 14.2. The van der Waals surface area contributed by atoms with Gasteiger partial charge in [0, 0.05) is 26.7 Å². The summed E-state index contributed by atoms with van der Waals surface area (Å²) in [5, 5.41) is 0. The molecular weight excluding hydrogens is 328 g/mol. The Morgan fingerprint density at radius 3 is 2.38 bits per heavy atom. The molecule has 1 fully saturated rings. The van der Waals surface area contributed by atoms with Crippen LogP contribution in [0.4, 0.5) is 0 Å². The summed E-state index contributed by atoms with van der Waals surface area (Å²) in [5.41, 5.74) is 6.92. The Balaban J connectivity index is 0.00000288. The van der Waals surface area contributed by atoms with Crippen molar-refractivity contribution in [2.24, 2.45) is 11.7 Å². The second-order valence-corrected chi connectivity index (χ2v) is 6.17. The van der Waals surface area contributed by atoms with Gasteiger partial charge in [-0.2, -0.15) is 0 Å². The van der Waals surface area contributed by atoms with E-state index in [9.17, 15) is 4.79 Å². The van der Waals surface area contributed by atoms with Gasteiger partial charge >= 0.3 is 0 Å². The summed E-state index contributed by atoms with van der Waals surface area (Å²) in [6.07, 6.45) is 3.39. The van der Waals surface area contributed by atoms with Crippen molar-refractivity contribution in [2.45, 2.75) is 31.8 Å². The molecule has 1 amide bonds. The van der Waals surface area contributed by atoms with Crippen LogP contribution in [0, 0.1) is 5.92 Å². The Hall–Kier alpha value is -1.30. The van der Waals surface area contributed by atoms with E-state index in [4.69, 9.17) is 15.2 Å². The zero-order valence-electron chi connectivity index (χ0n) is 14.6. The Labute approximate surface area is 150 Å². The number of rotatable bonds is 7. The van der Waals surface area contributed by atoms with E-state index in [2.05, 4.69) is 12.1 Å². The zero-order chi connectivity index (χ0) is 16.7. The number of nitrogens with two attached hydrogens (primary N) is 1. The van der Waals surface area contributed by atoms with Crippen LogP contribution in [0.3, 0.4) is 0 Å². The largest absolute Gasteiger partial charge is 0.497 e. The van der Waals surface area contributed by atoms with Crippen molar-refractivity contribution in [1.82, 2.24) is 4.90 Å². The second kappa shape index (κ2) is 10.5. The molecule has 1 aliphatic rings. The summed E-state index contributed by atoms with van der Waals surface area (Å²) in [7, 11) is 3.28. The smallest absolute Gasteiger partial charge is 0.225 e. The third kappa shape index (κ3) is 5.96. The first-order valence-corrected chi connectivity index (χ1v) is 8.29. The van der Waals surface area contributed by atoms with Gasteiger partial charge in [0.15, 0.2) is 0 Å². The molecule has 2 rings (SSSR count). The zero-order valence-corrected chi connectivity index (χ0v) is 15.4. The molecule has 0 aliphatic carbocycles. The van der Waals surface area contributed by atoms with Gasteiger partial charge in [-0.25, -0.2) is 0 Å². The Kier molecular flexibility index (Phi) is 9.11. The Morgan fingerprint density at radius 1 is 1.25 bits per heavy atom. The lowest BCUT2D eigenvalue weighted by Gasteiger charge is -2.33. The first-order valence-electron chi connectivity index (χ1n) is 8.29. The van der Waals surface area contributed by atoms with Gasteiger partial charge < -0.3 is 20.1 Å². The topological polar surface area (TPSA) is 64.8 Å². The van der Waals surface area contributed by atoms with Gasteiger partial charge in [-0.15, -0.1) is 12.4 Å². The molecule has 0 bridgehead atoms. The molecule has 1 aliphatic heterocycles. The number of hydrogen-bond acceptors (Lipinski definition) is 4. The van der Waals surface area contributed by atoms with Crippen molar-refractivity contribution in [3.63, 3.8) is 0 Å². The summed E-state index contributed by atoms with van der Waals surface area (Å²) in [5.74, 6) is 1.69. The minimum atomic E-state index is -0.167. The molecule has 2 N–H and O–H groups in total. The molecule has 24 heavy (non-hydrogen) atoms. The Morgan fingerprint density at radius 2 is 1.88 bits per heavy atom. The molecule has 0 spiro atoms. The summed E-state index contributed by atoms with van der Waals surface area (Å²) in [6.45, 7) is 2.05. The van der Waals surface area contributed by atoms with E-state index < -0.39 is 0 Å². The number of ether oxygens (including phenoxy) is 2. The molecule has 136 valence electrons. The van der Waals surface area contributed by atoms with Crippen molar-refractivity contribution in [2.75, 3.05) is 33.9 Å². The number of piperidine rings is 1. The molecule has 6 heteroatoms. The van der Waals surface area contributed by atoms with E-state index in [0.29, 0.717) is 18.9 Å². The highest BCUT2D eigenvalue weighted by atomic mass is 35.5. The van der Waals surface area contributed by atoms with Gasteiger partial charge in [-0.3, -0.25) is 4.79 Å². The fourth-order valence-corrected chi connectivity index (χ4v) is 3.07. The third-order valence-corrected chi connectivity index (χ3v) is 4.65. The molecule has 0 saturated carbocycles. The highest BCUT2D eigenvalue weighted by molar-refractivity contribution is 5.85. The van der Waals surface area contributed by atoms with Crippen molar-refractivity contribution < 1.29 is 14.3 Å². The second-order valence-electron chi connectivity index (χ2n) is 6.17. The fraction of sp³-hybridized carbons (Fsp3) is 0.611. The van der Waals surface area contributed by atoms with Crippen LogP contribution in [0.5, 0.6) is 5.75 Å². The molecule has 0 aromatic heterocycles. The maximum Gasteiger partial charge on any atom is 0.225 e. The summed E-state index contributed by atoms with van der Waals surface area (Å²) >= 11 is 0. The summed E-state index contributed by atoms with van der Waals surface area (Å²) in [6, 6.07) is 8.26. The number of carbonyl (C=O) groups excluding carboxylic acids is 1. The van der Waals surface area contributed by atoms with Gasteiger partial charge in [0.25, 0.3) is 0 Å². The monoisotopic (exact) mass is 356 g/mol. The van der Waals surface area contributed by atoms with E-state index in [0.717, 1.165) is 38.1 Å². The van der Waals surface area contributed by atoms with Crippen LogP contribution in [0.1, 0.15) is 24.8 Å². The van der Waals surface area contributed by atoms with Crippen LogP contribution in [-0.2, 0) is 16.0 Å². The molecule has 1 heterocycles. The fourth-order valence-electron chi connectivity index (χ4n) is 3.07. The maximum atomic E-state index is 12.2. The van der Waals surface area contributed by atoms with Crippen molar-refractivity contribution in [3.05, 3.63) is 29.8 Å². The number of amides is 1. The first-order chi connectivity index (χ1) is 11.2. The van der Waals surface area contributed by atoms with Crippen LogP contribution in [0.25, 0.3) is 0 Å². The summed E-state index contributed by atoms with van der Waals surface area (Å²) < 4.78 is 10.4. The van der Waals surface area contributed by atoms with Gasteiger partial charge in [0.05, 0.1) is 19.6 Å². The van der Waals surface area contributed by atoms with Crippen molar-refractivity contribution >= 4 is 18.3 Å². The van der Waals surface area contributed by atoms with E-state index in [1.165, 1.54) is 5.56 Å². The van der Waals surface area contributed by atoms with E-state index >= 15 is 0 Å². The molecule has 0 radical (unpaired) electrons. The van der Waals surface area contributed by atoms with Gasteiger partial charge in [-0.1, -0.05) is 12.1 Å². The lowest BCUT2D eigenvalue weighted by atomic mass is 9.90. The SMILES string of the molecule is COc1ccc(CC2CCN(C(=O)CC(CN)OC)CC2)cc1.Cl. The standard InChI is InChI=1S/C18H28N2O3.ClH/c1-22-16-5-3-14(4-6-16)11-15-7-9-20(10-8-15)18(21)12-17(13-19)23-2;/h3-6,15,17H,7-13,19H2,1-2H3;1H. The molecule has 1 aromatic rings. The lowest BCUT2D eigenvalue weighted by Crippen LogP contribution is -2.41. The molecular formula is C18H29ClN2O3. The normalized spacial score (nSPS) is 16.4. The van der Waals surface area contributed by atoms with Crippen molar-refractivity contribution in [1.29, 1.82) is 0 Å². The molecule has 1 saturated heterocycles. The minimum absolute atomic E-state index is 0. The van der Waals surface area contributed by atoms with Crippen molar-refractivity contribution in [3.8, 4) is 5.75 Å². The molecule has 1 atom stereocenters. The van der Waals surface area contributed by atoms with E-state index in [1.807, 2.05) is 17.0 Å². The highest BCUT2D eigenvalue weighted by Gasteiger charge is 2.24. The van der Waals surface area contributed by atoms with E-state index in [1.54, 1.807) is 14.2 Å².